The van der Waals surface area contributed by atoms with Gasteiger partial charge in [0.2, 0.25) is 0 Å². The van der Waals surface area contributed by atoms with E-state index in [0.29, 0.717) is 5.56 Å². The summed E-state index contributed by atoms with van der Waals surface area (Å²) in [7, 11) is 1.79. The summed E-state index contributed by atoms with van der Waals surface area (Å²) in [5.74, 6) is -0.644. The van der Waals surface area contributed by atoms with Crippen LogP contribution in [-0.4, -0.2) is 20.9 Å². The van der Waals surface area contributed by atoms with Crippen LogP contribution in [0.25, 0.3) is 0 Å². The first kappa shape index (κ1) is 10.8. The Kier molecular flexibility index (Phi) is 3.28. The SMILES string of the molecule is CCCC(C)c1c(C(=O)O)cnn1C. The molecule has 0 fully saturated rings. The van der Waals surface area contributed by atoms with Crippen LogP contribution in [-0.2, 0) is 7.05 Å². The lowest BCUT2D eigenvalue weighted by atomic mass is 9.99. The van der Waals surface area contributed by atoms with E-state index in [9.17, 15) is 4.79 Å². The number of aromatic nitrogens is 2. The first-order chi connectivity index (χ1) is 6.57. The van der Waals surface area contributed by atoms with Crippen molar-refractivity contribution in [1.29, 1.82) is 0 Å². The van der Waals surface area contributed by atoms with Gasteiger partial charge in [0.25, 0.3) is 0 Å². The highest BCUT2D eigenvalue weighted by atomic mass is 16.4. The van der Waals surface area contributed by atoms with Crippen molar-refractivity contribution in [3.05, 3.63) is 17.5 Å². The van der Waals surface area contributed by atoms with Crippen molar-refractivity contribution in [3.63, 3.8) is 0 Å². The van der Waals surface area contributed by atoms with Crippen molar-refractivity contribution >= 4 is 5.97 Å². The summed E-state index contributed by atoms with van der Waals surface area (Å²) >= 11 is 0. The molecule has 0 saturated carbocycles. The van der Waals surface area contributed by atoms with Gasteiger partial charge in [-0.2, -0.15) is 5.10 Å². The van der Waals surface area contributed by atoms with Crippen LogP contribution in [0.4, 0.5) is 0 Å². The van der Waals surface area contributed by atoms with Crippen molar-refractivity contribution in [2.24, 2.45) is 7.05 Å². The summed E-state index contributed by atoms with van der Waals surface area (Å²) in [6.45, 7) is 4.13. The highest BCUT2D eigenvalue weighted by Crippen LogP contribution is 2.23. The molecular weight excluding hydrogens is 180 g/mol. The van der Waals surface area contributed by atoms with Crippen LogP contribution < -0.4 is 0 Å². The van der Waals surface area contributed by atoms with E-state index >= 15 is 0 Å². The maximum Gasteiger partial charge on any atom is 0.339 e. The number of carboxylic acids is 1. The molecule has 1 heterocycles. The average molecular weight is 196 g/mol. The van der Waals surface area contributed by atoms with Crippen LogP contribution in [0.5, 0.6) is 0 Å². The predicted molar refractivity (Wildman–Crippen MR) is 53.5 cm³/mol. The quantitative estimate of drug-likeness (QED) is 0.801. The van der Waals surface area contributed by atoms with E-state index < -0.39 is 5.97 Å². The summed E-state index contributed by atoms with van der Waals surface area (Å²) < 4.78 is 1.66. The average Bonchev–Trinajstić information content (AvgIpc) is 2.47. The molecule has 0 aliphatic carbocycles. The maximum absolute atomic E-state index is 10.9. The molecule has 78 valence electrons. The van der Waals surface area contributed by atoms with Crippen molar-refractivity contribution < 1.29 is 9.90 Å². The van der Waals surface area contributed by atoms with E-state index in [-0.39, 0.29) is 5.92 Å². The summed E-state index contributed by atoms with van der Waals surface area (Å²) in [5.41, 5.74) is 1.15. The molecule has 0 aromatic carbocycles. The molecule has 0 aliphatic heterocycles. The minimum Gasteiger partial charge on any atom is -0.478 e. The highest BCUT2D eigenvalue weighted by Gasteiger charge is 2.19. The van der Waals surface area contributed by atoms with Crippen LogP contribution in [0.2, 0.25) is 0 Å². The molecule has 0 radical (unpaired) electrons. The van der Waals surface area contributed by atoms with Crippen molar-refractivity contribution in [2.75, 3.05) is 0 Å². The molecule has 1 rings (SSSR count). The van der Waals surface area contributed by atoms with Gasteiger partial charge in [0.1, 0.15) is 5.56 Å². The van der Waals surface area contributed by atoms with Crippen LogP contribution in [0.3, 0.4) is 0 Å². The van der Waals surface area contributed by atoms with Gasteiger partial charge in [0.15, 0.2) is 0 Å². The summed E-state index contributed by atoms with van der Waals surface area (Å²) in [6, 6.07) is 0. The Morgan fingerprint density at radius 3 is 2.86 bits per heavy atom. The van der Waals surface area contributed by atoms with Gasteiger partial charge in [-0.15, -0.1) is 0 Å². The second kappa shape index (κ2) is 4.26. The van der Waals surface area contributed by atoms with E-state index in [2.05, 4.69) is 12.0 Å². The normalized spacial score (nSPS) is 12.8. The van der Waals surface area contributed by atoms with Gasteiger partial charge in [-0.25, -0.2) is 4.79 Å². The lowest BCUT2D eigenvalue weighted by Crippen LogP contribution is -2.08. The summed E-state index contributed by atoms with van der Waals surface area (Å²) in [5, 5.41) is 12.9. The largest absolute Gasteiger partial charge is 0.478 e. The van der Waals surface area contributed by atoms with Crippen molar-refractivity contribution in [1.82, 2.24) is 9.78 Å². The van der Waals surface area contributed by atoms with E-state index in [4.69, 9.17) is 5.11 Å². The topological polar surface area (TPSA) is 55.1 Å². The van der Waals surface area contributed by atoms with E-state index in [1.165, 1.54) is 6.20 Å². The number of nitrogens with zero attached hydrogens (tertiary/aromatic N) is 2. The lowest BCUT2D eigenvalue weighted by Gasteiger charge is -2.11. The van der Waals surface area contributed by atoms with Gasteiger partial charge >= 0.3 is 5.97 Å². The van der Waals surface area contributed by atoms with Gasteiger partial charge in [0, 0.05) is 7.05 Å². The van der Waals surface area contributed by atoms with Crippen molar-refractivity contribution in [2.45, 2.75) is 32.6 Å². The molecule has 1 unspecified atom stereocenters. The fourth-order valence-electron chi connectivity index (χ4n) is 1.77. The molecule has 1 atom stereocenters. The minimum absolute atomic E-state index is 0.249. The Hall–Kier alpha value is -1.32. The Labute approximate surface area is 83.5 Å². The van der Waals surface area contributed by atoms with Crippen LogP contribution >= 0.6 is 0 Å². The molecule has 0 aliphatic rings. The molecule has 0 spiro atoms. The summed E-state index contributed by atoms with van der Waals surface area (Å²) in [6.07, 6.45) is 3.45. The predicted octanol–water partition coefficient (Wildman–Crippen LogP) is 2.02. The molecule has 1 N–H and O–H groups in total. The minimum atomic E-state index is -0.893. The lowest BCUT2D eigenvalue weighted by molar-refractivity contribution is 0.0695. The van der Waals surface area contributed by atoms with E-state index in [0.717, 1.165) is 18.5 Å². The molecule has 4 heteroatoms. The highest BCUT2D eigenvalue weighted by molar-refractivity contribution is 5.88. The number of hydrogen-bond acceptors (Lipinski definition) is 2. The van der Waals surface area contributed by atoms with Crippen LogP contribution in [0.15, 0.2) is 6.20 Å². The zero-order valence-electron chi connectivity index (χ0n) is 8.82. The first-order valence-corrected chi connectivity index (χ1v) is 4.83. The number of carboxylic acid groups (broad SMARTS) is 1. The van der Waals surface area contributed by atoms with Gasteiger partial charge in [-0.3, -0.25) is 4.68 Å². The first-order valence-electron chi connectivity index (χ1n) is 4.83. The molecule has 0 bridgehead atoms. The van der Waals surface area contributed by atoms with Gasteiger partial charge in [-0.05, 0) is 12.3 Å². The number of carbonyl (C=O) groups is 1. The molecule has 1 aromatic heterocycles. The number of hydrogen-bond donors (Lipinski definition) is 1. The van der Waals surface area contributed by atoms with Gasteiger partial charge in [0.05, 0.1) is 11.9 Å². The Morgan fingerprint density at radius 1 is 1.71 bits per heavy atom. The molecule has 14 heavy (non-hydrogen) atoms. The molecular formula is C10H16N2O2. The van der Waals surface area contributed by atoms with Crippen molar-refractivity contribution in [3.8, 4) is 0 Å². The third kappa shape index (κ3) is 1.95. The molecule has 1 aromatic rings. The molecule has 0 amide bonds. The third-order valence-electron chi connectivity index (χ3n) is 2.40. The fourth-order valence-corrected chi connectivity index (χ4v) is 1.77. The number of aryl methyl sites for hydroxylation is 1. The monoisotopic (exact) mass is 196 g/mol. The fraction of sp³-hybridized carbons (Fsp3) is 0.600. The van der Waals surface area contributed by atoms with Gasteiger partial charge < -0.3 is 5.11 Å². The summed E-state index contributed by atoms with van der Waals surface area (Å²) in [4.78, 5) is 10.9. The Bertz CT molecular complexity index is 331. The second-order valence-corrected chi connectivity index (χ2v) is 3.56. The standard InChI is InChI=1S/C10H16N2O2/c1-4-5-7(2)9-8(10(13)14)6-11-12(9)3/h6-7H,4-5H2,1-3H3,(H,13,14). The maximum atomic E-state index is 10.9. The van der Waals surface area contributed by atoms with Crippen LogP contribution in [0.1, 0.15) is 48.7 Å². The number of rotatable bonds is 4. The third-order valence-corrected chi connectivity index (χ3v) is 2.40. The Balaban J connectivity index is 3.04. The molecule has 0 saturated heterocycles. The molecule has 4 nitrogen and oxygen atoms in total. The van der Waals surface area contributed by atoms with E-state index in [1.54, 1.807) is 11.7 Å². The smallest absolute Gasteiger partial charge is 0.339 e. The Morgan fingerprint density at radius 2 is 2.36 bits per heavy atom. The number of aromatic carboxylic acids is 1. The second-order valence-electron chi connectivity index (χ2n) is 3.56. The zero-order valence-corrected chi connectivity index (χ0v) is 8.82. The zero-order chi connectivity index (χ0) is 10.7. The van der Waals surface area contributed by atoms with Crippen LogP contribution in [0, 0.1) is 0 Å². The van der Waals surface area contributed by atoms with E-state index in [1.807, 2.05) is 6.92 Å². The van der Waals surface area contributed by atoms with Gasteiger partial charge in [-0.1, -0.05) is 20.3 Å².